The minimum absolute atomic E-state index is 0.448. The van der Waals surface area contributed by atoms with E-state index in [1.165, 1.54) is 0 Å². The summed E-state index contributed by atoms with van der Waals surface area (Å²) in [4.78, 5) is 8.91. The van der Waals surface area contributed by atoms with Crippen LogP contribution < -0.4 is 10.6 Å². The summed E-state index contributed by atoms with van der Waals surface area (Å²) in [5.41, 5.74) is 2.10. The van der Waals surface area contributed by atoms with E-state index in [2.05, 4.69) is 38.5 Å². The number of fused-ring (bicyclic) bond motifs is 1. The molecule has 0 unspecified atom stereocenters. The monoisotopic (exact) mass is 258 g/mol. The Bertz CT molecular complexity index is 609. The quantitative estimate of drug-likeness (QED) is 0.639. The van der Waals surface area contributed by atoms with Crippen LogP contribution in [0.2, 0.25) is 0 Å². The lowest BCUT2D eigenvalue weighted by molar-refractivity contribution is 1.14. The number of rotatable bonds is 5. The molecule has 0 aliphatic heterocycles. The molecule has 2 rings (SSSR count). The maximum absolute atomic E-state index is 5.26. The van der Waals surface area contributed by atoms with E-state index >= 15 is 0 Å². The summed E-state index contributed by atoms with van der Waals surface area (Å²) in [6.07, 6.45) is 7.03. The zero-order valence-electron chi connectivity index (χ0n) is 10.2. The zero-order valence-corrected chi connectivity index (χ0v) is 11.0. The predicted molar refractivity (Wildman–Crippen MR) is 78.2 cm³/mol. The number of nitrogens with zero attached hydrogens (tertiary/aromatic N) is 2. The molecule has 0 atom stereocenters. The van der Waals surface area contributed by atoms with Gasteiger partial charge in [-0.1, -0.05) is 12.0 Å². The van der Waals surface area contributed by atoms with Crippen molar-refractivity contribution in [2.45, 2.75) is 6.92 Å². The Hall–Kier alpha value is -2.06. The third kappa shape index (κ3) is 2.44. The Morgan fingerprint density at radius 2 is 2.33 bits per heavy atom. The molecule has 0 spiro atoms. The minimum atomic E-state index is 0.448. The van der Waals surface area contributed by atoms with Gasteiger partial charge < -0.3 is 10.6 Å². The first-order chi connectivity index (χ1) is 8.76. The summed E-state index contributed by atoms with van der Waals surface area (Å²) in [7, 11) is 0. The van der Waals surface area contributed by atoms with Crippen LogP contribution in [0.15, 0.2) is 18.0 Å². The van der Waals surface area contributed by atoms with Crippen LogP contribution in [0.3, 0.4) is 0 Å². The van der Waals surface area contributed by atoms with Gasteiger partial charge in [0, 0.05) is 6.54 Å². The Balaban J connectivity index is 2.44. The molecule has 2 aromatic heterocycles. The molecular formula is C13H14N4S. The van der Waals surface area contributed by atoms with Crippen LogP contribution in [0.4, 0.5) is 11.8 Å². The lowest BCUT2D eigenvalue weighted by Gasteiger charge is -2.07. The SMILES string of the molecule is C#CCNc1nc(NCC=C)nc2c(C)csc12. The van der Waals surface area contributed by atoms with Gasteiger partial charge in [-0.05, 0) is 17.9 Å². The van der Waals surface area contributed by atoms with E-state index in [0.29, 0.717) is 19.0 Å². The number of aryl methyl sites for hydroxylation is 1. The molecule has 0 aromatic carbocycles. The second kappa shape index (κ2) is 5.52. The van der Waals surface area contributed by atoms with Crippen molar-refractivity contribution >= 4 is 33.3 Å². The third-order valence-electron chi connectivity index (χ3n) is 2.36. The molecule has 2 aromatic rings. The van der Waals surface area contributed by atoms with E-state index < -0.39 is 0 Å². The number of nitrogens with one attached hydrogen (secondary N) is 2. The highest BCUT2D eigenvalue weighted by Crippen LogP contribution is 2.30. The second-order valence-corrected chi connectivity index (χ2v) is 4.60. The van der Waals surface area contributed by atoms with Crippen molar-refractivity contribution in [2.75, 3.05) is 23.7 Å². The lowest BCUT2D eigenvalue weighted by Crippen LogP contribution is -2.07. The topological polar surface area (TPSA) is 49.8 Å². The van der Waals surface area contributed by atoms with Gasteiger partial charge in [-0.15, -0.1) is 24.3 Å². The second-order valence-electron chi connectivity index (χ2n) is 3.72. The third-order valence-corrected chi connectivity index (χ3v) is 3.45. The highest BCUT2D eigenvalue weighted by atomic mass is 32.1. The van der Waals surface area contributed by atoms with Crippen LogP contribution in [0.1, 0.15) is 5.56 Å². The molecule has 0 saturated heterocycles. The molecule has 2 N–H and O–H groups in total. The summed E-state index contributed by atoms with van der Waals surface area (Å²) in [5.74, 6) is 3.91. The molecule has 2 heterocycles. The number of thiophene rings is 1. The summed E-state index contributed by atoms with van der Waals surface area (Å²) in [6.45, 7) is 6.77. The Labute approximate surface area is 110 Å². The molecule has 18 heavy (non-hydrogen) atoms. The lowest BCUT2D eigenvalue weighted by atomic mass is 10.3. The van der Waals surface area contributed by atoms with Crippen molar-refractivity contribution in [2.24, 2.45) is 0 Å². The fourth-order valence-electron chi connectivity index (χ4n) is 1.53. The maximum atomic E-state index is 5.26. The summed E-state index contributed by atoms with van der Waals surface area (Å²) < 4.78 is 1.03. The highest BCUT2D eigenvalue weighted by molar-refractivity contribution is 7.18. The molecule has 0 bridgehead atoms. The van der Waals surface area contributed by atoms with Crippen LogP contribution in [0.25, 0.3) is 10.2 Å². The zero-order chi connectivity index (χ0) is 13.0. The number of terminal acetylenes is 1. The molecule has 0 saturated carbocycles. The van der Waals surface area contributed by atoms with Gasteiger partial charge in [-0.2, -0.15) is 4.98 Å². The van der Waals surface area contributed by atoms with Crippen LogP contribution in [0, 0.1) is 19.3 Å². The van der Waals surface area contributed by atoms with E-state index in [9.17, 15) is 0 Å². The van der Waals surface area contributed by atoms with Crippen LogP contribution in [-0.4, -0.2) is 23.1 Å². The van der Waals surface area contributed by atoms with Crippen molar-refractivity contribution in [1.82, 2.24) is 9.97 Å². The van der Waals surface area contributed by atoms with Crippen LogP contribution in [-0.2, 0) is 0 Å². The Morgan fingerprint density at radius 1 is 1.50 bits per heavy atom. The van der Waals surface area contributed by atoms with E-state index in [1.54, 1.807) is 17.4 Å². The molecule has 4 nitrogen and oxygen atoms in total. The van der Waals surface area contributed by atoms with Gasteiger partial charge in [0.2, 0.25) is 5.95 Å². The van der Waals surface area contributed by atoms with E-state index in [4.69, 9.17) is 6.42 Å². The summed E-state index contributed by atoms with van der Waals surface area (Å²) in [6, 6.07) is 0. The standard InChI is InChI=1S/C13H14N4S/c1-4-6-14-12-11-10(9(3)8-18-11)16-13(17-12)15-7-5-2/h1,5,8H,2,6-7H2,3H3,(H2,14,15,16,17). The Kier molecular flexibility index (Phi) is 3.80. The number of anilines is 2. The van der Waals surface area contributed by atoms with Gasteiger partial charge in [0.15, 0.2) is 0 Å². The van der Waals surface area contributed by atoms with Gasteiger partial charge in [0.1, 0.15) is 5.82 Å². The average Bonchev–Trinajstić information content (AvgIpc) is 2.75. The first kappa shape index (κ1) is 12.4. The van der Waals surface area contributed by atoms with E-state index in [-0.39, 0.29) is 0 Å². The maximum Gasteiger partial charge on any atom is 0.225 e. The molecule has 5 heteroatoms. The molecular weight excluding hydrogens is 244 g/mol. The van der Waals surface area contributed by atoms with Gasteiger partial charge in [-0.25, -0.2) is 4.98 Å². The molecule has 92 valence electrons. The van der Waals surface area contributed by atoms with Gasteiger partial charge in [-0.3, -0.25) is 0 Å². The first-order valence-electron chi connectivity index (χ1n) is 5.54. The fourth-order valence-corrected chi connectivity index (χ4v) is 2.48. The van der Waals surface area contributed by atoms with Gasteiger partial charge in [0.25, 0.3) is 0 Å². The van der Waals surface area contributed by atoms with Crippen molar-refractivity contribution in [3.8, 4) is 12.3 Å². The molecule has 0 aliphatic carbocycles. The van der Waals surface area contributed by atoms with Gasteiger partial charge in [0.05, 0.1) is 16.8 Å². The largest absolute Gasteiger partial charge is 0.358 e. The van der Waals surface area contributed by atoms with Crippen molar-refractivity contribution in [3.05, 3.63) is 23.6 Å². The molecule has 0 amide bonds. The number of hydrogen-bond acceptors (Lipinski definition) is 5. The Morgan fingerprint density at radius 3 is 3.06 bits per heavy atom. The minimum Gasteiger partial charge on any atom is -0.358 e. The van der Waals surface area contributed by atoms with Gasteiger partial charge >= 0.3 is 0 Å². The molecule has 0 aliphatic rings. The van der Waals surface area contributed by atoms with Crippen molar-refractivity contribution in [1.29, 1.82) is 0 Å². The smallest absolute Gasteiger partial charge is 0.225 e. The number of hydrogen-bond donors (Lipinski definition) is 2. The van der Waals surface area contributed by atoms with Crippen LogP contribution in [0.5, 0.6) is 0 Å². The normalized spacial score (nSPS) is 10.0. The fraction of sp³-hybridized carbons (Fsp3) is 0.231. The van der Waals surface area contributed by atoms with E-state index in [1.807, 2.05) is 6.92 Å². The summed E-state index contributed by atoms with van der Waals surface area (Å²) >= 11 is 1.62. The van der Waals surface area contributed by atoms with Crippen LogP contribution >= 0.6 is 11.3 Å². The summed E-state index contributed by atoms with van der Waals surface area (Å²) in [5, 5.41) is 8.28. The highest BCUT2D eigenvalue weighted by Gasteiger charge is 2.10. The van der Waals surface area contributed by atoms with E-state index in [0.717, 1.165) is 21.6 Å². The first-order valence-corrected chi connectivity index (χ1v) is 6.42. The van der Waals surface area contributed by atoms with Crippen molar-refractivity contribution < 1.29 is 0 Å². The average molecular weight is 258 g/mol. The predicted octanol–water partition coefficient (Wildman–Crippen LogP) is 2.64. The molecule has 0 fully saturated rings. The molecule has 0 radical (unpaired) electrons. The number of aromatic nitrogens is 2. The van der Waals surface area contributed by atoms with Crippen molar-refractivity contribution in [3.63, 3.8) is 0 Å².